The Bertz CT molecular complexity index is 606. The second-order valence-electron chi connectivity index (χ2n) is 5.54. The number of nitrogens with one attached hydrogen (secondary N) is 2. The highest BCUT2D eigenvalue weighted by molar-refractivity contribution is 5.73. The lowest BCUT2D eigenvalue weighted by Crippen LogP contribution is -2.43. The first-order valence-electron chi connectivity index (χ1n) is 7.31. The molecule has 0 bridgehead atoms. The summed E-state index contributed by atoms with van der Waals surface area (Å²) in [6, 6.07) is 11.2. The summed E-state index contributed by atoms with van der Waals surface area (Å²) in [6.45, 7) is 4.27. The molecule has 3 N–H and O–H groups in total. The predicted molar refractivity (Wildman–Crippen MR) is 84.6 cm³/mol. The fraction of sp³-hybridized carbons (Fsp3) is 0.353. The van der Waals surface area contributed by atoms with Gasteiger partial charge in [0.15, 0.2) is 0 Å². The van der Waals surface area contributed by atoms with E-state index in [1.165, 1.54) is 17.4 Å². The lowest BCUT2D eigenvalue weighted by atomic mass is 10.0. The number of amides is 2. The van der Waals surface area contributed by atoms with Crippen molar-refractivity contribution in [2.24, 2.45) is 0 Å². The van der Waals surface area contributed by atoms with Crippen molar-refractivity contribution in [3.63, 3.8) is 0 Å². The summed E-state index contributed by atoms with van der Waals surface area (Å²) in [5, 5.41) is 15.7. The summed E-state index contributed by atoms with van der Waals surface area (Å²) in [6.07, 6.45) is 2.26. The van der Waals surface area contributed by atoms with E-state index >= 15 is 0 Å². The third-order valence-corrected chi connectivity index (χ3v) is 3.59. The molecule has 118 valence electrons. The van der Waals surface area contributed by atoms with Crippen molar-refractivity contribution < 1.29 is 14.3 Å². The van der Waals surface area contributed by atoms with Gasteiger partial charge >= 0.3 is 6.03 Å². The molecule has 2 amide bonds. The van der Waals surface area contributed by atoms with Gasteiger partial charge in [-0.05, 0) is 43.5 Å². The molecule has 2 aromatic rings. The fourth-order valence-corrected chi connectivity index (χ4v) is 2.19. The number of furan rings is 1. The molecular weight excluding hydrogens is 280 g/mol. The van der Waals surface area contributed by atoms with Gasteiger partial charge in [-0.1, -0.05) is 24.3 Å². The second kappa shape index (κ2) is 7.13. The zero-order valence-corrected chi connectivity index (χ0v) is 12.9. The number of aliphatic hydroxyl groups is 1. The first kappa shape index (κ1) is 16.1. The van der Waals surface area contributed by atoms with Crippen LogP contribution in [-0.4, -0.2) is 24.2 Å². The first-order valence-corrected chi connectivity index (χ1v) is 7.31. The summed E-state index contributed by atoms with van der Waals surface area (Å²) >= 11 is 0. The molecule has 1 unspecified atom stereocenters. The third kappa shape index (κ3) is 4.36. The minimum atomic E-state index is -1.23. The van der Waals surface area contributed by atoms with Crippen molar-refractivity contribution >= 4 is 6.03 Å². The minimum Gasteiger partial charge on any atom is -0.466 e. The highest BCUT2D eigenvalue weighted by Crippen LogP contribution is 2.19. The molecule has 5 heteroatoms. The van der Waals surface area contributed by atoms with Crippen LogP contribution in [0.4, 0.5) is 4.79 Å². The van der Waals surface area contributed by atoms with Crippen LogP contribution in [0.5, 0.6) is 0 Å². The number of benzene rings is 1. The number of carbonyl (C=O) groups is 1. The van der Waals surface area contributed by atoms with E-state index in [2.05, 4.69) is 29.7 Å². The Balaban J connectivity index is 1.73. The number of urea groups is 1. The van der Waals surface area contributed by atoms with Crippen molar-refractivity contribution in [3.8, 4) is 0 Å². The molecule has 5 nitrogen and oxygen atoms in total. The van der Waals surface area contributed by atoms with Crippen LogP contribution in [0.3, 0.4) is 0 Å². The summed E-state index contributed by atoms with van der Waals surface area (Å²) < 4.78 is 5.16. The van der Waals surface area contributed by atoms with Gasteiger partial charge < -0.3 is 20.2 Å². The maximum absolute atomic E-state index is 11.8. The Kier molecular flexibility index (Phi) is 5.22. The van der Waals surface area contributed by atoms with Crippen LogP contribution in [0.1, 0.15) is 23.8 Å². The van der Waals surface area contributed by atoms with Crippen LogP contribution in [0.25, 0.3) is 0 Å². The Hall–Kier alpha value is -2.27. The van der Waals surface area contributed by atoms with Gasteiger partial charge in [0.25, 0.3) is 0 Å². The zero-order chi connectivity index (χ0) is 16.0. The van der Waals surface area contributed by atoms with Crippen LogP contribution in [0.15, 0.2) is 47.1 Å². The molecule has 2 rings (SSSR count). The van der Waals surface area contributed by atoms with Gasteiger partial charge in [-0.3, -0.25) is 0 Å². The van der Waals surface area contributed by atoms with E-state index in [0.29, 0.717) is 12.3 Å². The quantitative estimate of drug-likeness (QED) is 0.766. The van der Waals surface area contributed by atoms with Crippen LogP contribution >= 0.6 is 0 Å². The van der Waals surface area contributed by atoms with Crippen LogP contribution in [0, 0.1) is 6.92 Å². The third-order valence-electron chi connectivity index (χ3n) is 3.59. The number of carbonyl (C=O) groups excluding carboxylic acids is 1. The van der Waals surface area contributed by atoms with Crippen LogP contribution in [0.2, 0.25) is 0 Å². The molecule has 0 aliphatic carbocycles. The Morgan fingerprint density at radius 1 is 1.23 bits per heavy atom. The molecule has 0 fully saturated rings. The van der Waals surface area contributed by atoms with E-state index in [1.54, 1.807) is 19.1 Å². The Morgan fingerprint density at radius 2 is 2.00 bits per heavy atom. The van der Waals surface area contributed by atoms with Crippen LogP contribution < -0.4 is 10.6 Å². The monoisotopic (exact) mass is 302 g/mol. The Labute approximate surface area is 130 Å². The van der Waals surface area contributed by atoms with Gasteiger partial charge in [0.05, 0.1) is 12.8 Å². The molecule has 1 heterocycles. The fourth-order valence-electron chi connectivity index (χ4n) is 2.19. The standard InChI is InChI=1S/C17H22N2O3/c1-13-6-3-4-7-14(13)9-10-18-16(20)19-12-17(2,21)15-8-5-11-22-15/h3-8,11,21H,9-10,12H2,1-2H3,(H2,18,19,20). The van der Waals surface area contributed by atoms with E-state index in [0.717, 1.165) is 6.42 Å². The summed E-state index contributed by atoms with van der Waals surface area (Å²) in [7, 11) is 0. The molecule has 1 aromatic carbocycles. The number of aryl methyl sites for hydroxylation is 1. The zero-order valence-electron chi connectivity index (χ0n) is 12.9. The van der Waals surface area contributed by atoms with E-state index < -0.39 is 5.60 Å². The molecular formula is C17H22N2O3. The molecule has 0 radical (unpaired) electrons. The SMILES string of the molecule is Cc1ccccc1CCNC(=O)NCC(C)(O)c1ccco1. The topological polar surface area (TPSA) is 74.5 Å². The van der Waals surface area contributed by atoms with Gasteiger partial charge in [0.2, 0.25) is 0 Å². The minimum absolute atomic E-state index is 0.0801. The lowest BCUT2D eigenvalue weighted by Gasteiger charge is -2.21. The van der Waals surface area contributed by atoms with E-state index in [1.807, 2.05) is 12.1 Å². The van der Waals surface area contributed by atoms with Gasteiger partial charge in [-0.25, -0.2) is 4.79 Å². The molecule has 1 atom stereocenters. The van der Waals surface area contributed by atoms with Crippen LogP contribution in [-0.2, 0) is 12.0 Å². The van der Waals surface area contributed by atoms with Gasteiger partial charge in [0.1, 0.15) is 11.4 Å². The highest BCUT2D eigenvalue weighted by Gasteiger charge is 2.26. The van der Waals surface area contributed by atoms with Crippen molar-refractivity contribution in [1.29, 1.82) is 0 Å². The Morgan fingerprint density at radius 3 is 2.68 bits per heavy atom. The molecule has 22 heavy (non-hydrogen) atoms. The van der Waals surface area contributed by atoms with Gasteiger partial charge in [0, 0.05) is 6.54 Å². The number of hydrogen-bond acceptors (Lipinski definition) is 3. The molecule has 1 aromatic heterocycles. The summed E-state index contributed by atoms with van der Waals surface area (Å²) in [5.41, 5.74) is 1.20. The van der Waals surface area contributed by atoms with Gasteiger partial charge in [-0.2, -0.15) is 0 Å². The number of rotatable bonds is 6. The average molecular weight is 302 g/mol. The first-order chi connectivity index (χ1) is 10.5. The molecule has 0 spiro atoms. The van der Waals surface area contributed by atoms with Crippen molar-refractivity contribution in [3.05, 3.63) is 59.5 Å². The normalized spacial score (nSPS) is 13.4. The lowest BCUT2D eigenvalue weighted by molar-refractivity contribution is 0.0367. The predicted octanol–water partition coefficient (Wildman–Crippen LogP) is 2.34. The van der Waals surface area contributed by atoms with Gasteiger partial charge in [-0.15, -0.1) is 0 Å². The summed E-state index contributed by atoms with van der Waals surface area (Å²) in [4.78, 5) is 11.8. The average Bonchev–Trinajstić information content (AvgIpc) is 3.02. The summed E-state index contributed by atoms with van der Waals surface area (Å²) in [5.74, 6) is 0.424. The molecule has 0 aliphatic heterocycles. The smallest absolute Gasteiger partial charge is 0.314 e. The van der Waals surface area contributed by atoms with Crippen molar-refractivity contribution in [2.45, 2.75) is 25.9 Å². The van der Waals surface area contributed by atoms with Crippen molar-refractivity contribution in [2.75, 3.05) is 13.1 Å². The van der Waals surface area contributed by atoms with Crippen molar-refractivity contribution in [1.82, 2.24) is 10.6 Å². The van der Waals surface area contributed by atoms with E-state index in [9.17, 15) is 9.90 Å². The van der Waals surface area contributed by atoms with E-state index in [4.69, 9.17) is 4.42 Å². The molecule has 0 aliphatic rings. The largest absolute Gasteiger partial charge is 0.466 e. The highest BCUT2D eigenvalue weighted by atomic mass is 16.4. The maximum atomic E-state index is 11.8. The molecule has 0 saturated heterocycles. The number of hydrogen-bond donors (Lipinski definition) is 3. The maximum Gasteiger partial charge on any atom is 0.314 e. The van der Waals surface area contributed by atoms with E-state index in [-0.39, 0.29) is 12.6 Å². The molecule has 0 saturated carbocycles. The second-order valence-corrected chi connectivity index (χ2v) is 5.54.